The van der Waals surface area contributed by atoms with Gasteiger partial charge in [0, 0.05) is 44.9 Å². The van der Waals surface area contributed by atoms with Crippen LogP contribution in [0, 0.1) is 6.92 Å². The summed E-state index contributed by atoms with van der Waals surface area (Å²) in [7, 11) is 1.66. The van der Waals surface area contributed by atoms with Crippen molar-refractivity contribution in [3.63, 3.8) is 0 Å². The lowest BCUT2D eigenvalue weighted by Crippen LogP contribution is -2.43. The third kappa shape index (κ3) is 4.87. The minimum atomic E-state index is -0.0838. The number of nitrogens with one attached hydrogen (secondary N) is 1. The average Bonchev–Trinajstić information content (AvgIpc) is 3.18. The molecule has 1 saturated heterocycles. The first-order valence-corrected chi connectivity index (χ1v) is 12.4. The number of aryl methyl sites for hydroxylation is 1. The highest BCUT2D eigenvalue weighted by Gasteiger charge is 2.22. The number of carbonyl (C=O) groups excluding carboxylic acids is 1. The van der Waals surface area contributed by atoms with Crippen molar-refractivity contribution in [1.82, 2.24) is 15.2 Å². The van der Waals surface area contributed by atoms with Crippen LogP contribution in [0.3, 0.4) is 0 Å². The number of ether oxygens (including phenoxy) is 1. The van der Waals surface area contributed by atoms with Gasteiger partial charge in [-0.2, -0.15) is 0 Å². The number of rotatable bonds is 5. The Morgan fingerprint density at radius 2 is 1.89 bits per heavy atom. The predicted octanol–water partition coefficient (Wildman–Crippen LogP) is 5.79. The first kappa shape index (κ1) is 23.7. The highest BCUT2D eigenvalue weighted by molar-refractivity contribution is 5.86. The minimum absolute atomic E-state index is 0.0223. The van der Waals surface area contributed by atoms with E-state index in [4.69, 9.17) is 9.15 Å². The summed E-state index contributed by atoms with van der Waals surface area (Å²) in [6, 6.07) is 20.5. The van der Waals surface area contributed by atoms with Gasteiger partial charge in [0.1, 0.15) is 5.75 Å². The molecule has 0 bridgehead atoms. The Labute approximate surface area is 211 Å². The summed E-state index contributed by atoms with van der Waals surface area (Å²) in [6.07, 6.45) is 2.61. The minimum Gasteiger partial charge on any atom is -0.496 e. The van der Waals surface area contributed by atoms with Crippen LogP contribution < -0.4 is 15.0 Å². The van der Waals surface area contributed by atoms with Crippen molar-refractivity contribution in [2.45, 2.75) is 26.3 Å². The summed E-state index contributed by atoms with van der Waals surface area (Å²) in [5.41, 5.74) is 3.07. The van der Waals surface area contributed by atoms with Crippen molar-refractivity contribution in [3.8, 4) is 17.1 Å². The Balaban J connectivity index is 1.25. The molecule has 1 aromatic heterocycles. The SMILES string of the molecule is COc1cc(N2CCCN(C(=O)N[C@@H](C)c3cccc4ccccc34)CC2)ccc1-c1cnc(C)o1. The molecule has 0 saturated carbocycles. The number of hydrogen-bond acceptors (Lipinski definition) is 5. The Kier molecular flexibility index (Phi) is 6.80. The molecule has 0 radical (unpaired) electrons. The Morgan fingerprint density at radius 3 is 2.69 bits per heavy atom. The van der Waals surface area contributed by atoms with E-state index in [1.54, 1.807) is 13.3 Å². The summed E-state index contributed by atoms with van der Waals surface area (Å²) >= 11 is 0. The molecule has 1 atom stereocenters. The third-order valence-corrected chi connectivity index (χ3v) is 6.85. The second-order valence-corrected chi connectivity index (χ2v) is 9.20. The first-order chi connectivity index (χ1) is 17.5. The van der Waals surface area contributed by atoms with Crippen LogP contribution in [0.2, 0.25) is 0 Å². The number of hydrogen-bond donors (Lipinski definition) is 1. The molecular weight excluding hydrogens is 452 g/mol. The number of urea groups is 1. The molecular formula is C29H32N4O3. The summed E-state index contributed by atoms with van der Waals surface area (Å²) in [4.78, 5) is 21.6. The van der Waals surface area contributed by atoms with Crippen LogP contribution >= 0.6 is 0 Å². The van der Waals surface area contributed by atoms with Gasteiger partial charge in [0.25, 0.3) is 0 Å². The maximum absolute atomic E-state index is 13.2. The summed E-state index contributed by atoms with van der Waals surface area (Å²) in [6.45, 7) is 6.86. The van der Waals surface area contributed by atoms with E-state index < -0.39 is 0 Å². The van der Waals surface area contributed by atoms with Gasteiger partial charge in [0.2, 0.25) is 0 Å². The zero-order valence-electron chi connectivity index (χ0n) is 21.0. The van der Waals surface area contributed by atoms with Crippen molar-refractivity contribution in [2.75, 3.05) is 38.2 Å². The van der Waals surface area contributed by atoms with E-state index in [1.165, 1.54) is 10.8 Å². The van der Waals surface area contributed by atoms with Crippen LogP contribution in [0.5, 0.6) is 5.75 Å². The molecule has 1 aliphatic heterocycles. The lowest BCUT2D eigenvalue weighted by Gasteiger charge is -2.26. The van der Waals surface area contributed by atoms with Crippen LogP contribution in [-0.2, 0) is 0 Å². The van der Waals surface area contributed by atoms with Crippen LogP contribution in [0.1, 0.15) is 30.8 Å². The first-order valence-electron chi connectivity index (χ1n) is 12.4. The zero-order chi connectivity index (χ0) is 25.1. The monoisotopic (exact) mass is 484 g/mol. The summed E-state index contributed by atoms with van der Waals surface area (Å²) < 4.78 is 11.3. The fourth-order valence-electron chi connectivity index (χ4n) is 4.93. The van der Waals surface area contributed by atoms with E-state index in [0.29, 0.717) is 18.2 Å². The Bertz CT molecular complexity index is 1360. The van der Waals surface area contributed by atoms with Gasteiger partial charge in [-0.15, -0.1) is 0 Å². The molecule has 7 nitrogen and oxygen atoms in total. The molecule has 5 rings (SSSR count). The number of aromatic nitrogens is 1. The number of carbonyl (C=O) groups is 1. The van der Waals surface area contributed by atoms with Crippen molar-refractivity contribution in [2.24, 2.45) is 0 Å². The lowest BCUT2D eigenvalue weighted by atomic mass is 10.00. The molecule has 2 amide bonds. The predicted molar refractivity (Wildman–Crippen MR) is 143 cm³/mol. The molecule has 0 unspecified atom stereocenters. The Morgan fingerprint density at radius 1 is 1.06 bits per heavy atom. The van der Waals surface area contributed by atoms with Crippen molar-refractivity contribution >= 4 is 22.5 Å². The standard InChI is InChI=1S/C29H32N4O3/c1-20(24-11-6-9-22-8-4-5-10-25(22)24)31-29(34)33-15-7-14-32(16-17-33)23-12-13-26(27(18-23)35-3)28-19-30-21(2)36-28/h4-6,8-13,18-20H,7,14-17H2,1-3H3,(H,31,34)/t20-/m0/s1. The molecule has 1 N–H and O–H groups in total. The van der Waals surface area contributed by atoms with Gasteiger partial charge >= 0.3 is 6.03 Å². The number of fused-ring (bicyclic) bond motifs is 1. The molecule has 1 fully saturated rings. The van der Waals surface area contributed by atoms with Crippen LogP contribution in [-0.4, -0.2) is 49.2 Å². The maximum Gasteiger partial charge on any atom is 0.317 e. The molecule has 0 spiro atoms. The quantitative estimate of drug-likeness (QED) is 0.388. The highest BCUT2D eigenvalue weighted by Crippen LogP contribution is 2.34. The van der Waals surface area contributed by atoms with E-state index in [1.807, 2.05) is 49.1 Å². The third-order valence-electron chi connectivity index (χ3n) is 6.85. The summed E-state index contributed by atoms with van der Waals surface area (Å²) in [5, 5.41) is 5.57. The Hall–Kier alpha value is -4.00. The van der Waals surface area contributed by atoms with Gasteiger partial charge in [-0.25, -0.2) is 9.78 Å². The van der Waals surface area contributed by atoms with Crippen molar-refractivity contribution in [1.29, 1.82) is 0 Å². The van der Waals surface area contributed by atoms with Gasteiger partial charge in [-0.1, -0.05) is 42.5 Å². The van der Waals surface area contributed by atoms with Gasteiger partial charge in [0.15, 0.2) is 11.7 Å². The van der Waals surface area contributed by atoms with E-state index in [-0.39, 0.29) is 12.1 Å². The van der Waals surface area contributed by atoms with Crippen LogP contribution in [0.25, 0.3) is 22.1 Å². The van der Waals surface area contributed by atoms with Crippen molar-refractivity contribution < 1.29 is 13.9 Å². The molecule has 186 valence electrons. The normalized spacial score (nSPS) is 15.0. The largest absolute Gasteiger partial charge is 0.496 e. The number of benzene rings is 3. The van der Waals surface area contributed by atoms with Crippen molar-refractivity contribution in [3.05, 3.63) is 78.3 Å². The zero-order valence-corrected chi connectivity index (χ0v) is 21.0. The maximum atomic E-state index is 13.2. The number of methoxy groups -OCH3 is 1. The van der Waals surface area contributed by atoms with E-state index in [2.05, 4.69) is 45.5 Å². The fraction of sp³-hybridized carbons (Fsp3) is 0.310. The molecule has 3 aromatic carbocycles. The van der Waals surface area contributed by atoms with Gasteiger partial charge in [0.05, 0.1) is 24.9 Å². The van der Waals surface area contributed by atoms with E-state index in [0.717, 1.165) is 48.6 Å². The van der Waals surface area contributed by atoms with E-state index in [9.17, 15) is 4.79 Å². The number of oxazole rings is 1. The second-order valence-electron chi connectivity index (χ2n) is 9.20. The number of anilines is 1. The molecule has 2 heterocycles. The second kappa shape index (κ2) is 10.3. The average molecular weight is 485 g/mol. The van der Waals surface area contributed by atoms with Gasteiger partial charge in [-0.05, 0) is 41.8 Å². The topological polar surface area (TPSA) is 70.8 Å². The van der Waals surface area contributed by atoms with Crippen LogP contribution in [0.15, 0.2) is 71.3 Å². The molecule has 7 heteroatoms. The van der Waals surface area contributed by atoms with E-state index >= 15 is 0 Å². The lowest BCUT2D eigenvalue weighted by molar-refractivity contribution is 0.198. The number of amides is 2. The number of nitrogens with zero attached hydrogens (tertiary/aromatic N) is 3. The van der Waals surface area contributed by atoms with Gasteiger partial charge in [-0.3, -0.25) is 0 Å². The highest BCUT2D eigenvalue weighted by atomic mass is 16.5. The molecule has 0 aliphatic carbocycles. The summed E-state index contributed by atoms with van der Waals surface area (Å²) in [5.74, 6) is 2.05. The fourth-order valence-corrected chi connectivity index (χ4v) is 4.93. The molecule has 4 aromatic rings. The molecule has 1 aliphatic rings. The smallest absolute Gasteiger partial charge is 0.317 e. The van der Waals surface area contributed by atoms with Crippen LogP contribution in [0.4, 0.5) is 10.5 Å². The van der Waals surface area contributed by atoms with Gasteiger partial charge < -0.3 is 24.3 Å². The molecule has 36 heavy (non-hydrogen) atoms.